The summed E-state index contributed by atoms with van der Waals surface area (Å²) in [5.41, 5.74) is 1.39. The molecule has 2 amide bonds. The van der Waals surface area contributed by atoms with Crippen LogP contribution in [0.5, 0.6) is 0 Å². The number of nitrogens with one attached hydrogen (secondary N) is 1. The Balaban J connectivity index is 1.63. The van der Waals surface area contributed by atoms with E-state index in [1.54, 1.807) is 6.07 Å². The lowest BCUT2D eigenvalue weighted by molar-refractivity contribution is -0.121. The van der Waals surface area contributed by atoms with Gasteiger partial charge in [0.15, 0.2) is 0 Å². The Morgan fingerprint density at radius 3 is 2.29 bits per heavy atom. The summed E-state index contributed by atoms with van der Waals surface area (Å²) in [6.07, 6.45) is 0. The summed E-state index contributed by atoms with van der Waals surface area (Å²) < 4.78 is 0.912. The first-order chi connectivity index (χ1) is 13.6. The first kappa shape index (κ1) is 18.4. The standard InChI is InChI=1S/C24H18BrNO2/c1-15(17-10-4-8-16-7-2-3-9-18(16)17)23(27)26-24(28)21-13-5-12-20-19(21)11-6-14-22(20)25/h2-15H,1H3,(H,26,27,28). The van der Waals surface area contributed by atoms with Crippen molar-refractivity contribution < 1.29 is 9.59 Å². The molecule has 4 aromatic carbocycles. The minimum Gasteiger partial charge on any atom is -0.292 e. The SMILES string of the molecule is CC(C(=O)NC(=O)c1cccc2c(Br)cccc12)c1cccc2ccccc12. The Morgan fingerprint density at radius 1 is 0.786 bits per heavy atom. The molecule has 0 bridgehead atoms. The number of carbonyl (C=O) groups excluding carboxylic acids is 2. The Morgan fingerprint density at radius 2 is 1.43 bits per heavy atom. The van der Waals surface area contributed by atoms with Gasteiger partial charge in [0.1, 0.15) is 0 Å². The van der Waals surface area contributed by atoms with E-state index >= 15 is 0 Å². The third kappa shape index (κ3) is 3.32. The summed E-state index contributed by atoms with van der Waals surface area (Å²) in [5, 5.41) is 6.41. The van der Waals surface area contributed by atoms with Gasteiger partial charge in [-0.05, 0) is 46.2 Å². The molecular weight excluding hydrogens is 414 g/mol. The van der Waals surface area contributed by atoms with E-state index in [-0.39, 0.29) is 11.8 Å². The molecule has 4 heteroatoms. The first-order valence-electron chi connectivity index (χ1n) is 9.06. The van der Waals surface area contributed by atoms with E-state index < -0.39 is 5.92 Å². The van der Waals surface area contributed by atoms with Gasteiger partial charge in [0.25, 0.3) is 5.91 Å². The third-order valence-electron chi connectivity index (χ3n) is 5.03. The van der Waals surface area contributed by atoms with Gasteiger partial charge in [-0.3, -0.25) is 14.9 Å². The van der Waals surface area contributed by atoms with E-state index in [0.717, 1.165) is 31.6 Å². The van der Waals surface area contributed by atoms with Crippen LogP contribution in [0.4, 0.5) is 0 Å². The average molecular weight is 432 g/mol. The second kappa shape index (κ2) is 7.56. The number of benzene rings is 4. The van der Waals surface area contributed by atoms with Crippen molar-refractivity contribution in [3.8, 4) is 0 Å². The molecule has 0 fully saturated rings. The fourth-order valence-corrected chi connectivity index (χ4v) is 4.02. The number of hydrogen-bond donors (Lipinski definition) is 1. The molecule has 0 saturated carbocycles. The minimum absolute atomic E-state index is 0.312. The maximum absolute atomic E-state index is 12.8. The van der Waals surface area contributed by atoms with E-state index in [1.165, 1.54) is 0 Å². The number of hydrogen-bond acceptors (Lipinski definition) is 2. The van der Waals surface area contributed by atoms with Crippen LogP contribution in [0.2, 0.25) is 0 Å². The fraction of sp³-hybridized carbons (Fsp3) is 0.0833. The molecule has 0 aliphatic carbocycles. The summed E-state index contributed by atoms with van der Waals surface area (Å²) in [5.74, 6) is -1.15. The molecule has 0 radical (unpaired) electrons. The third-order valence-corrected chi connectivity index (χ3v) is 5.72. The second-order valence-corrected chi connectivity index (χ2v) is 7.60. The van der Waals surface area contributed by atoms with Crippen LogP contribution in [0, 0.1) is 0 Å². The predicted molar refractivity (Wildman–Crippen MR) is 116 cm³/mol. The number of rotatable bonds is 3. The van der Waals surface area contributed by atoms with Crippen LogP contribution in [-0.2, 0) is 4.79 Å². The first-order valence-corrected chi connectivity index (χ1v) is 9.85. The zero-order valence-corrected chi connectivity index (χ0v) is 16.9. The van der Waals surface area contributed by atoms with Crippen molar-refractivity contribution in [1.82, 2.24) is 5.32 Å². The number of fused-ring (bicyclic) bond motifs is 2. The van der Waals surface area contributed by atoms with Gasteiger partial charge in [-0.2, -0.15) is 0 Å². The molecule has 4 aromatic rings. The van der Waals surface area contributed by atoms with Crippen LogP contribution < -0.4 is 5.32 Å². The van der Waals surface area contributed by atoms with Crippen LogP contribution in [-0.4, -0.2) is 11.8 Å². The van der Waals surface area contributed by atoms with E-state index in [9.17, 15) is 9.59 Å². The highest BCUT2D eigenvalue weighted by molar-refractivity contribution is 9.10. The lowest BCUT2D eigenvalue weighted by atomic mass is 9.94. The van der Waals surface area contributed by atoms with Gasteiger partial charge in [0, 0.05) is 10.0 Å². The van der Waals surface area contributed by atoms with Crippen molar-refractivity contribution in [3.63, 3.8) is 0 Å². The molecule has 0 aliphatic heterocycles. The molecule has 0 saturated heterocycles. The second-order valence-electron chi connectivity index (χ2n) is 6.75. The zero-order valence-electron chi connectivity index (χ0n) is 15.3. The molecular formula is C24H18BrNO2. The normalized spacial score (nSPS) is 12.1. The topological polar surface area (TPSA) is 46.2 Å². The molecule has 1 unspecified atom stereocenters. The lowest BCUT2D eigenvalue weighted by Crippen LogP contribution is -2.34. The van der Waals surface area contributed by atoms with Crippen molar-refractivity contribution in [3.05, 3.63) is 94.5 Å². The highest BCUT2D eigenvalue weighted by Gasteiger charge is 2.21. The average Bonchev–Trinajstić information content (AvgIpc) is 2.72. The molecule has 4 rings (SSSR count). The molecule has 0 aliphatic rings. The summed E-state index contributed by atoms with van der Waals surface area (Å²) in [7, 11) is 0. The quantitative estimate of drug-likeness (QED) is 0.444. The maximum atomic E-state index is 12.8. The molecule has 1 N–H and O–H groups in total. The predicted octanol–water partition coefficient (Wildman–Crippen LogP) is 5.82. The minimum atomic E-state index is -0.447. The Labute approximate surface area is 171 Å². The van der Waals surface area contributed by atoms with E-state index in [4.69, 9.17) is 0 Å². The van der Waals surface area contributed by atoms with Gasteiger partial charge >= 0.3 is 0 Å². The summed E-state index contributed by atoms with van der Waals surface area (Å²) in [4.78, 5) is 25.7. The van der Waals surface area contributed by atoms with Crippen molar-refractivity contribution in [2.75, 3.05) is 0 Å². The highest BCUT2D eigenvalue weighted by atomic mass is 79.9. The van der Waals surface area contributed by atoms with Crippen LogP contribution in [0.25, 0.3) is 21.5 Å². The Hall–Kier alpha value is -2.98. The molecule has 1 atom stereocenters. The lowest BCUT2D eigenvalue weighted by Gasteiger charge is -2.15. The molecule has 0 spiro atoms. The number of halogens is 1. The Bertz CT molecular complexity index is 1210. The van der Waals surface area contributed by atoms with Gasteiger partial charge in [-0.1, -0.05) is 82.7 Å². The Kier molecular flexibility index (Phi) is 4.97. The number of imide groups is 1. The van der Waals surface area contributed by atoms with Crippen LogP contribution in [0.1, 0.15) is 28.8 Å². The summed E-state index contributed by atoms with van der Waals surface area (Å²) in [6, 6.07) is 25.0. The monoisotopic (exact) mass is 431 g/mol. The number of amides is 2. The van der Waals surface area contributed by atoms with Gasteiger partial charge in [0.05, 0.1) is 5.92 Å². The van der Waals surface area contributed by atoms with Gasteiger partial charge < -0.3 is 0 Å². The van der Waals surface area contributed by atoms with Crippen molar-refractivity contribution >= 4 is 49.3 Å². The van der Waals surface area contributed by atoms with Gasteiger partial charge in [-0.15, -0.1) is 0 Å². The maximum Gasteiger partial charge on any atom is 0.258 e. The summed E-state index contributed by atoms with van der Waals surface area (Å²) >= 11 is 3.51. The van der Waals surface area contributed by atoms with Crippen molar-refractivity contribution in [1.29, 1.82) is 0 Å². The van der Waals surface area contributed by atoms with E-state index in [2.05, 4.69) is 21.2 Å². The van der Waals surface area contributed by atoms with Gasteiger partial charge in [0.2, 0.25) is 5.91 Å². The summed E-state index contributed by atoms with van der Waals surface area (Å²) in [6.45, 7) is 1.82. The molecule has 28 heavy (non-hydrogen) atoms. The van der Waals surface area contributed by atoms with Crippen molar-refractivity contribution in [2.45, 2.75) is 12.8 Å². The number of carbonyl (C=O) groups is 2. The van der Waals surface area contributed by atoms with Crippen molar-refractivity contribution in [2.24, 2.45) is 0 Å². The van der Waals surface area contributed by atoms with E-state index in [1.807, 2.05) is 79.7 Å². The van der Waals surface area contributed by atoms with Crippen LogP contribution >= 0.6 is 15.9 Å². The molecule has 0 heterocycles. The van der Waals surface area contributed by atoms with Gasteiger partial charge in [-0.25, -0.2) is 0 Å². The molecule has 3 nitrogen and oxygen atoms in total. The van der Waals surface area contributed by atoms with E-state index in [0.29, 0.717) is 5.56 Å². The molecule has 0 aromatic heterocycles. The van der Waals surface area contributed by atoms with Crippen LogP contribution in [0.15, 0.2) is 83.3 Å². The smallest absolute Gasteiger partial charge is 0.258 e. The largest absolute Gasteiger partial charge is 0.292 e. The zero-order chi connectivity index (χ0) is 19.7. The fourth-order valence-electron chi connectivity index (χ4n) is 3.53. The molecule has 138 valence electrons. The highest BCUT2D eigenvalue weighted by Crippen LogP contribution is 2.28. The van der Waals surface area contributed by atoms with Crippen LogP contribution in [0.3, 0.4) is 0 Å².